The van der Waals surface area contributed by atoms with E-state index in [0.29, 0.717) is 0 Å². The summed E-state index contributed by atoms with van der Waals surface area (Å²) in [4.78, 5) is 0. The zero-order chi connectivity index (χ0) is 26.9. The molecule has 0 amide bonds. The van der Waals surface area contributed by atoms with Crippen LogP contribution in [0.25, 0.3) is 61.2 Å². The van der Waals surface area contributed by atoms with Crippen molar-refractivity contribution in [3.63, 3.8) is 0 Å². The smallest absolute Gasteiger partial charge is 0.0616 e. The minimum absolute atomic E-state index is 1.15. The molecule has 0 atom stereocenters. The van der Waals surface area contributed by atoms with Gasteiger partial charge in [0.15, 0.2) is 0 Å². The lowest BCUT2D eigenvalue weighted by Gasteiger charge is -2.16. The number of fused-ring (bicyclic) bond motifs is 1. The molecule has 0 aliphatic carbocycles. The Balaban J connectivity index is 1.50. The van der Waals surface area contributed by atoms with Crippen LogP contribution in [0.3, 0.4) is 0 Å². The summed E-state index contributed by atoms with van der Waals surface area (Å²) >= 11 is 0. The minimum Gasteiger partial charge on any atom is -0.308 e. The molecule has 0 radical (unpaired) electrons. The Labute approximate surface area is 235 Å². The van der Waals surface area contributed by atoms with E-state index in [-0.39, 0.29) is 0 Å². The van der Waals surface area contributed by atoms with E-state index < -0.39 is 0 Å². The van der Waals surface area contributed by atoms with Gasteiger partial charge in [0.1, 0.15) is 0 Å². The van der Waals surface area contributed by atoms with E-state index in [1.165, 1.54) is 61.1 Å². The molecule has 7 aromatic rings. The fourth-order valence-corrected chi connectivity index (χ4v) is 5.98. The van der Waals surface area contributed by atoms with Gasteiger partial charge >= 0.3 is 0 Å². The summed E-state index contributed by atoms with van der Waals surface area (Å²) in [7, 11) is 0. The second-order valence-corrected chi connectivity index (χ2v) is 10.2. The first kappa shape index (κ1) is 23.9. The van der Waals surface area contributed by atoms with Crippen LogP contribution in [0.4, 0.5) is 0 Å². The van der Waals surface area contributed by atoms with Gasteiger partial charge in [0.25, 0.3) is 0 Å². The van der Waals surface area contributed by atoms with Gasteiger partial charge in [-0.15, -0.1) is 0 Å². The molecule has 0 aliphatic heterocycles. The number of para-hydroxylation sites is 1. The Kier molecular flexibility index (Phi) is 6.11. The summed E-state index contributed by atoms with van der Waals surface area (Å²) in [5, 5.41) is 2.54. The lowest BCUT2D eigenvalue weighted by molar-refractivity contribution is 1.09. The summed E-state index contributed by atoms with van der Waals surface area (Å²) in [6.07, 6.45) is 0. The molecule has 0 N–H and O–H groups in total. The average molecular weight is 512 g/mol. The molecule has 0 saturated heterocycles. The highest BCUT2D eigenvalue weighted by molar-refractivity contribution is 5.97. The Morgan fingerprint density at radius 2 is 0.925 bits per heavy atom. The predicted molar refractivity (Wildman–Crippen MR) is 170 cm³/mol. The molecule has 0 fully saturated rings. The lowest BCUT2D eigenvalue weighted by atomic mass is 9.94. The lowest BCUT2D eigenvalue weighted by Crippen LogP contribution is -2.00. The molecule has 40 heavy (non-hydrogen) atoms. The maximum absolute atomic E-state index is 2.44. The van der Waals surface area contributed by atoms with Crippen molar-refractivity contribution in [2.75, 3.05) is 0 Å². The van der Waals surface area contributed by atoms with Gasteiger partial charge < -0.3 is 4.57 Å². The van der Waals surface area contributed by atoms with E-state index in [2.05, 4.69) is 169 Å². The zero-order valence-corrected chi connectivity index (χ0v) is 22.5. The second kappa shape index (κ2) is 10.2. The van der Waals surface area contributed by atoms with Gasteiger partial charge in [-0.2, -0.15) is 0 Å². The van der Waals surface area contributed by atoms with Crippen molar-refractivity contribution in [1.82, 2.24) is 4.57 Å². The monoisotopic (exact) mass is 511 g/mol. The highest BCUT2D eigenvalue weighted by Crippen LogP contribution is 2.45. The van der Waals surface area contributed by atoms with Gasteiger partial charge in [-0.25, -0.2) is 0 Å². The van der Waals surface area contributed by atoms with Gasteiger partial charge in [-0.05, 0) is 63.2 Å². The van der Waals surface area contributed by atoms with E-state index >= 15 is 0 Å². The fraction of sp³-hybridized carbons (Fsp3) is 0.0256. The van der Waals surface area contributed by atoms with Crippen LogP contribution in [0.15, 0.2) is 158 Å². The van der Waals surface area contributed by atoms with E-state index in [1.807, 2.05) is 0 Å². The SMILES string of the molecule is Cc1c(-c2ccccc2)c(-c2ccc(-c3cccc4ccccc34)cc2)n(-c2ccccc2)c1-c1ccccc1. The van der Waals surface area contributed by atoms with Gasteiger partial charge in [-0.1, -0.05) is 146 Å². The highest BCUT2D eigenvalue weighted by atomic mass is 15.0. The summed E-state index contributed by atoms with van der Waals surface area (Å²) in [6, 6.07) is 56.5. The Hall–Kier alpha value is -5.14. The van der Waals surface area contributed by atoms with Crippen molar-refractivity contribution in [2.45, 2.75) is 6.92 Å². The number of hydrogen-bond acceptors (Lipinski definition) is 0. The van der Waals surface area contributed by atoms with Gasteiger partial charge in [0, 0.05) is 11.3 Å². The van der Waals surface area contributed by atoms with Crippen LogP contribution < -0.4 is 0 Å². The number of aromatic nitrogens is 1. The number of benzene rings is 6. The van der Waals surface area contributed by atoms with Crippen LogP contribution >= 0.6 is 0 Å². The summed E-state index contributed by atoms with van der Waals surface area (Å²) in [5.74, 6) is 0. The molecule has 0 aliphatic rings. The molecule has 0 bridgehead atoms. The number of nitrogens with zero attached hydrogens (tertiary/aromatic N) is 1. The molecule has 1 heteroatoms. The van der Waals surface area contributed by atoms with Gasteiger partial charge in [0.2, 0.25) is 0 Å². The number of rotatable bonds is 5. The molecule has 0 spiro atoms. The fourth-order valence-electron chi connectivity index (χ4n) is 5.98. The first-order valence-corrected chi connectivity index (χ1v) is 13.8. The third kappa shape index (κ3) is 4.13. The second-order valence-electron chi connectivity index (χ2n) is 10.2. The van der Waals surface area contributed by atoms with Crippen LogP contribution in [-0.4, -0.2) is 4.57 Å². The van der Waals surface area contributed by atoms with Crippen LogP contribution in [0.1, 0.15) is 5.56 Å². The van der Waals surface area contributed by atoms with Gasteiger partial charge in [-0.3, -0.25) is 0 Å². The van der Waals surface area contributed by atoms with Crippen molar-refractivity contribution in [3.8, 4) is 50.5 Å². The van der Waals surface area contributed by atoms with E-state index in [4.69, 9.17) is 0 Å². The maximum Gasteiger partial charge on any atom is 0.0616 e. The van der Waals surface area contributed by atoms with E-state index in [0.717, 1.165) is 5.69 Å². The van der Waals surface area contributed by atoms with Crippen LogP contribution in [0.5, 0.6) is 0 Å². The largest absolute Gasteiger partial charge is 0.308 e. The quantitative estimate of drug-likeness (QED) is 0.217. The third-order valence-corrected chi connectivity index (χ3v) is 7.80. The van der Waals surface area contributed by atoms with Crippen molar-refractivity contribution in [2.24, 2.45) is 0 Å². The van der Waals surface area contributed by atoms with Crippen LogP contribution in [0, 0.1) is 6.92 Å². The maximum atomic E-state index is 2.44. The van der Waals surface area contributed by atoms with Crippen molar-refractivity contribution < 1.29 is 0 Å². The highest BCUT2D eigenvalue weighted by Gasteiger charge is 2.24. The zero-order valence-electron chi connectivity index (χ0n) is 22.5. The molecule has 6 aromatic carbocycles. The molecule has 1 aromatic heterocycles. The van der Waals surface area contributed by atoms with E-state index in [1.54, 1.807) is 0 Å². The standard InChI is InChI=1S/C39H29N/c1-28-37(31-15-5-2-6-16-31)39(40(34-20-9-4-10-21-34)38(28)32-17-7-3-8-18-32)33-26-24-30(25-27-33)36-23-13-19-29-14-11-12-22-35(29)36/h2-27H,1H3. The van der Waals surface area contributed by atoms with Gasteiger partial charge in [0.05, 0.1) is 11.4 Å². The summed E-state index contributed by atoms with van der Waals surface area (Å²) in [6.45, 7) is 2.26. The predicted octanol–water partition coefficient (Wildman–Crippen LogP) is 10.6. The van der Waals surface area contributed by atoms with Crippen molar-refractivity contribution in [1.29, 1.82) is 0 Å². The molecular formula is C39H29N. The molecule has 190 valence electrons. The first-order chi connectivity index (χ1) is 19.8. The first-order valence-electron chi connectivity index (χ1n) is 13.8. The molecule has 1 heterocycles. The Morgan fingerprint density at radius 1 is 0.400 bits per heavy atom. The average Bonchev–Trinajstić information content (AvgIpc) is 3.34. The van der Waals surface area contributed by atoms with Crippen LogP contribution in [-0.2, 0) is 0 Å². The molecule has 7 rings (SSSR count). The summed E-state index contributed by atoms with van der Waals surface area (Å²) < 4.78 is 2.44. The third-order valence-electron chi connectivity index (χ3n) is 7.80. The topological polar surface area (TPSA) is 4.93 Å². The molecule has 0 unspecified atom stereocenters. The summed E-state index contributed by atoms with van der Waals surface area (Å²) in [5.41, 5.74) is 12.2. The normalized spacial score (nSPS) is 11.1. The Morgan fingerprint density at radius 3 is 1.62 bits per heavy atom. The molecular weight excluding hydrogens is 482 g/mol. The number of hydrogen-bond donors (Lipinski definition) is 0. The minimum atomic E-state index is 1.15. The van der Waals surface area contributed by atoms with Crippen molar-refractivity contribution in [3.05, 3.63) is 163 Å². The van der Waals surface area contributed by atoms with Crippen LogP contribution in [0.2, 0.25) is 0 Å². The molecule has 1 nitrogen and oxygen atoms in total. The van der Waals surface area contributed by atoms with E-state index in [9.17, 15) is 0 Å². The molecule has 0 saturated carbocycles. The Bertz CT molecular complexity index is 1910. The van der Waals surface area contributed by atoms with Crippen molar-refractivity contribution >= 4 is 10.8 Å².